The van der Waals surface area contributed by atoms with Crippen molar-refractivity contribution < 1.29 is 4.74 Å². The highest BCUT2D eigenvalue weighted by atomic mass is 32.2. The second kappa shape index (κ2) is 7.22. The normalized spacial score (nSPS) is 10.4. The molecule has 100 valence electrons. The van der Waals surface area contributed by atoms with E-state index in [0.29, 0.717) is 0 Å². The van der Waals surface area contributed by atoms with Crippen LogP contribution < -0.4 is 10.1 Å². The van der Waals surface area contributed by atoms with Gasteiger partial charge in [0.15, 0.2) is 0 Å². The van der Waals surface area contributed by atoms with Crippen molar-refractivity contribution in [3.8, 4) is 5.75 Å². The topological polar surface area (TPSA) is 21.3 Å². The molecule has 2 nitrogen and oxygen atoms in total. The lowest BCUT2D eigenvalue weighted by molar-refractivity contribution is 0.414. The van der Waals surface area contributed by atoms with E-state index in [4.69, 9.17) is 4.74 Å². The molecule has 0 fully saturated rings. The number of benzene rings is 2. The highest BCUT2D eigenvalue weighted by molar-refractivity contribution is 7.99. The van der Waals surface area contributed by atoms with E-state index in [0.717, 1.165) is 18.8 Å². The molecule has 0 saturated heterocycles. The molecule has 2 aromatic rings. The Morgan fingerprint density at radius 2 is 1.79 bits per heavy atom. The van der Waals surface area contributed by atoms with Crippen LogP contribution in [0.1, 0.15) is 12.5 Å². The number of nitrogens with one attached hydrogen (secondary N) is 1. The lowest BCUT2D eigenvalue weighted by atomic mass is 10.2. The van der Waals surface area contributed by atoms with Gasteiger partial charge in [0.2, 0.25) is 0 Å². The summed E-state index contributed by atoms with van der Waals surface area (Å²) in [5.74, 6) is 0.894. The first kappa shape index (κ1) is 14.0. The molecular formula is C16H19NOS. The average Bonchev–Trinajstić information content (AvgIpc) is 2.47. The SMILES string of the molecule is CCNCc1ccccc1Sc1ccc(OC)cc1. The summed E-state index contributed by atoms with van der Waals surface area (Å²) in [4.78, 5) is 2.53. The molecule has 0 heterocycles. The zero-order valence-corrected chi connectivity index (χ0v) is 12.2. The lowest BCUT2D eigenvalue weighted by Crippen LogP contribution is -2.12. The van der Waals surface area contributed by atoms with Crippen LogP contribution in [0.2, 0.25) is 0 Å². The summed E-state index contributed by atoms with van der Waals surface area (Å²) in [6.07, 6.45) is 0. The first-order valence-electron chi connectivity index (χ1n) is 6.44. The van der Waals surface area contributed by atoms with Crippen molar-refractivity contribution in [3.05, 3.63) is 54.1 Å². The molecule has 0 spiro atoms. The summed E-state index contributed by atoms with van der Waals surface area (Å²) >= 11 is 1.79. The summed E-state index contributed by atoms with van der Waals surface area (Å²) in [6.45, 7) is 4.02. The predicted molar refractivity (Wildman–Crippen MR) is 80.9 cm³/mol. The van der Waals surface area contributed by atoms with E-state index in [1.54, 1.807) is 18.9 Å². The van der Waals surface area contributed by atoms with Gasteiger partial charge in [0, 0.05) is 16.3 Å². The van der Waals surface area contributed by atoms with Gasteiger partial charge >= 0.3 is 0 Å². The standard InChI is InChI=1S/C16H19NOS/c1-3-17-12-13-6-4-5-7-16(13)19-15-10-8-14(18-2)9-11-15/h4-11,17H,3,12H2,1-2H3. The van der Waals surface area contributed by atoms with Crippen LogP contribution in [0.5, 0.6) is 5.75 Å². The van der Waals surface area contributed by atoms with Crippen molar-refractivity contribution in [1.29, 1.82) is 0 Å². The third-order valence-electron chi connectivity index (χ3n) is 2.83. The maximum atomic E-state index is 5.18. The maximum Gasteiger partial charge on any atom is 0.118 e. The van der Waals surface area contributed by atoms with E-state index >= 15 is 0 Å². The van der Waals surface area contributed by atoms with Crippen LogP contribution in [0.3, 0.4) is 0 Å². The molecule has 0 saturated carbocycles. The molecule has 0 aliphatic carbocycles. The van der Waals surface area contributed by atoms with E-state index in [1.807, 2.05) is 12.1 Å². The zero-order chi connectivity index (χ0) is 13.5. The van der Waals surface area contributed by atoms with Gasteiger partial charge in [-0.3, -0.25) is 0 Å². The fourth-order valence-electron chi connectivity index (χ4n) is 1.78. The monoisotopic (exact) mass is 273 g/mol. The molecule has 0 unspecified atom stereocenters. The molecule has 0 radical (unpaired) electrons. The highest BCUT2D eigenvalue weighted by Crippen LogP contribution is 2.31. The minimum Gasteiger partial charge on any atom is -0.497 e. The van der Waals surface area contributed by atoms with Crippen LogP contribution in [0, 0.1) is 0 Å². The predicted octanol–water partition coefficient (Wildman–Crippen LogP) is 3.96. The third-order valence-corrected chi connectivity index (χ3v) is 3.95. The van der Waals surface area contributed by atoms with Crippen LogP contribution in [0.4, 0.5) is 0 Å². The number of rotatable bonds is 6. The van der Waals surface area contributed by atoms with Crippen LogP contribution >= 0.6 is 11.8 Å². The lowest BCUT2D eigenvalue weighted by Gasteiger charge is -2.09. The van der Waals surface area contributed by atoms with Gasteiger partial charge in [-0.15, -0.1) is 0 Å². The fraction of sp³-hybridized carbons (Fsp3) is 0.250. The number of hydrogen-bond acceptors (Lipinski definition) is 3. The molecule has 2 aromatic carbocycles. The Labute approximate surface area is 119 Å². The number of hydrogen-bond donors (Lipinski definition) is 1. The Balaban J connectivity index is 2.12. The minimum absolute atomic E-state index is 0.894. The minimum atomic E-state index is 0.894. The first-order chi connectivity index (χ1) is 9.33. The van der Waals surface area contributed by atoms with Gasteiger partial charge in [0.25, 0.3) is 0 Å². The van der Waals surface area contributed by atoms with Gasteiger partial charge in [0.05, 0.1) is 7.11 Å². The summed E-state index contributed by atoms with van der Waals surface area (Å²) in [6, 6.07) is 16.7. The van der Waals surface area contributed by atoms with Gasteiger partial charge in [-0.2, -0.15) is 0 Å². The molecule has 0 bridgehead atoms. The van der Waals surface area contributed by atoms with Crippen LogP contribution in [0.25, 0.3) is 0 Å². The Morgan fingerprint density at radius 1 is 1.05 bits per heavy atom. The van der Waals surface area contributed by atoms with Gasteiger partial charge in [-0.25, -0.2) is 0 Å². The van der Waals surface area contributed by atoms with Crippen molar-refractivity contribution in [2.75, 3.05) is 13.7 Å². The summed E-state index contributed by atoms with van der Waals surface area (Å²) in [5, 5.41) is 3.38. The highest BCUT2D eigenvalue weighted by Gasteiger charge is 2.03. The second-order valence-corrected chi connectivity index (χ2v) is 5.28. The number of ether oxygens (including phenoxy) is 1. The van der Waals surface area contributed by atoms with Crippen molar-refractivity contribution in [2.45, 2.75) is 23.3 Å². The molecule has 3 heteroatoms. The van der Waals surface area contributed by atoms with Crippen LogP contribution in [-0.4, -0.2) is 13.7 Å². The van der Waals surface area contributed by atoms with Crippen molar-refractivity contribution in [2.24, 2.45) is 0 Å². The first-order valence-corrected chi connectivity index (χ1v) is 7.25. The van der Waals surface area contributed by atoms with Gasteiger partial charge in [-0.05, 0) is 42.4 Å². The molecule has 0 atom stereocenters. The molecule has 0 aromatic heterocycles. The number of methoxy groups -OCH3 is 1. The molecule has 2 rings (SSSR count). The van der Waals surface area contributed by atoms with E-state index in [1.165, 1.54) is 15.4 Å². The third kappa shape index (κ3) is 4.01. The Hall–Kier alpha value is -1.45. The van der Waals surface area contributed by atoms with Gasteiger partial charge < -0.3 is 10.1 Å². The van der Waals surface area contributed by atoms with Crippen LogP contribution in [0.15, 0.2) is 58.3 Å². The maximum absolute atomic E-state index is 5.18. The summed E-state index contributed by atoms with van der Waals surface area (Å²) < 4.78 is 5.18. The second-order valence-electron chi connectivity index (χ2n) is 4.17. The average molecular weight is 273 g/mol. The van der Waals surface area contributed by atoms with Gasteiger partial charge in [-0.1, -0.05) is 36.9 Å². The molecule has 0 aliphatic rings. The Kier molecular flexibility index (Phi) is 5.31. The van der Waals surface area contributed by atoms with E-state index in [9.17, 15) is 0 Å². The van der Waals surface area contributed by atoms with Gasteiger partial charge in [0.1, 0.15) is 5.75 Å². The smallest absolute Gasteiger partial charge is 0.118 e. The summed E-state index contributed by atoms with van der Waals surface area (Å²) in [5.41, 5.74) is 1.34. The van der Waals surface area contributed by atoms with Crippen molar-refractivity contribution in [3.63, 3.8) is 0 Å². The van der Waals surface area contributed by atoms with E-state index < -0.39 is 0 Å². The Morgan fingerprint density at radius 3 is 2.47 bits per heavy atom. The molecule has 0 amide bonds. The Bertz CT molecular complexity index is 510. The fourth-order valence-corrected chi connectivity index (χ4v) is 2.72. The van der Waals surface area contributed by atoms with Crippen LogP contribution in [-0.2, 0) is 6.54 Å². The van der Waals surface area contributed by atoms with E-state index in [-0.39, 0.29) is 0 Å². The molecule has 1 N–H and O–H groups in total. The molecule has 0 aliphatic heterocycles. The summed E-state index contributed by atoms with van der Waals surface area (Å²) in [7, 11) is 1.69. The quantitative estimate of drug-likeness (QED) is 0.861. The van der Waals surface area contributed by atoms with E-state index in [2.05, 4.69) is 48.6 Å². The van der Waals surface area contributed by atoms with Crippen molar-refractivity contribution >= 4 is 11.8 Å². The molecular weight excluding hydrogens is 254 g/mol. The largest absolute Gasteiger partial charge is 0.497 e. The zero-order valence-electron chi connectivity index (χ0n) is 11.3. The van der Waals surface area contributed by atoms with Crippen molar-refractivity contribution in [1.82, 2.24) is 5.32 Å². The molecule has 19 heavy (non-hydrogen) atoms.